The average Bonchev–Trinajstić information content (AvgIpc) is 3.12. The van der Waals surface area contributed by atoms with Gasteiger partial charge in [-0.15, -0.1) is 10.2 Å². The number of hydrogen-bond donors (Lipinski definition) is 3. The molecule has 152 valence electrons. The minimum absolute atomic E-state index is 0.0606. The molecular formula is C16H12Cl3N5O5. The first-order chi connectivity index (χ1) is 13.8. The van der Waals surface area contributed by atoms with Crippen LogP contribution < -0.4 is 15.8 Å². The third-order valence-electron chi connectivity index (χ3n) is 3.68. The molecule has 0 aliphatic rings. The minimum Gasteiger partial charge on any atom is -0.434 e. The van der Waals surface area contributed by atoms with Crippen molar-refractivity contribution in [2.24, 2.45) is 0 Å². The molecule has 0 spiro atoms. The van der Waals surface area contributed by atoms with E-state index in [4.69, 9.17) is 39.5 Å². The number of anilines is 1. The molecule has 2 heterocycles. The van der Waals surface area contributed by atoms with Crippen LogP contribution in [-0.2, 0) is 0 Å². The molecule has 3 N–H and O–H groups in total. The van der Waals surface area contributed by atoms with Crippen LogP contribution in [0.4, 0.5) is 5.69 Å². The van der Waals surface area contributed by atoms with Crippen LogP contribution in [0.2, 0.25) is 15.2 Å². The Morgan fingerprint density at radius 3 is 2.55 bits per heavy atom. The van der Waals surface area contributed by atoms with Crippen molar-refractivity contribution < 1.29 is 19.2 Å². The predicted molar refractivity (Wildman–Crippen MR) is 104 cm³/mol. The Balaban J connectivity index is 1.83. The summed E-state index contributed by atoms with van der Waals surface area (Å²) in [4.78, 5) is 25.1. The Morgan fingerprint density at radius 1 is 1.28 bits per heavy atom. The fourth-order valence-electron chi connectivity index (χ4n) is 2.22. The number of aliphatic hydroxyl groups excluding tert-OH is 1. The summed E-state index contributed by atoms with van der Waals surface area (Å²) in [6, 6.07) is 4.26. The Morgan fingerprint density at radius 2 is 1.97 bits per heavy atom. The maximum absolute atomic E-state index is 12.0. The van der Waals surface area contributed by atoms with Crippen LogP contribution in [0, 0.1) is 0 Å². The molecular weight excluding hydrogens is 449 g/mol. The normalized spacial score (nSPS) is 11.9. The number of aliphatic hydroxyl groups is 1. The molecule has 1 unspecified atom stereocenters. The third-order valence-corrected chi connectivity index (χ3v) is 4.53. The van der Waals surface area contributed by atoms with Crippen LogP contribution in [-0.4, -0.2) is 38.0 Å². The van der Waals surface area contributed by atoms with E-state index in [-0.39, 0.29) is 50.9 Å². The van der Waals surface area contributed by atoms with E-state index in [0.717, 1.165) is 0 Å². The number of H-pyrrole nitrogens is 1. The van der Waals surface area contributed by atoms with Crippen LogP contribution in [0.15, 0.2) is 27.5 Å². The van der Waals surface area contributed by atoms with Gasteiger partial charge in [-0.1, -0.05) is 41.7 Å². The highest BCUT2D eigenvalue weighted by Crippen LogP contribution is 2.39. The van der Waals surface area contributed by atoms with Gasteiger partial charge >= 0.3 is 5.76 Å². The quantitative estimate of drug-likeness (QED) is 0.508. The summed E-state index contributed by atoms with van der Waals surface area (Å²) in [6.07, 6.45) is 0. The molecule has 1 aromatic carbocycles. The Labute approximate surface area is 177 Å². The van der Waals surface area contributed by atoms with E-state index in [1.165, 1.54) is 18.2 Å². The van der Waals surface area contributed by atoms with Crippen molar-refractivity contribution in [2.75, 3.05) is 11.9 Å². The number of amides is 1. The fraction of sp³-hybridized carbons (Fsp3) is 0.188. The number of aromatic amines is 1. The van der Waals surface area contributed by atoms with Crippen molar-refractivity contribution in [3.8, 4) is 11.6 Å². The van der Waals surface area contributed by atoms with Gasteiger partial charge in [0.05, 0.1) is 10.0 Å². The van der Waals surface area contributed by atoms with Crippen molar-refractivity contribution in [2.45, 2.75) is 12.8 Å². The van der Waals surface area contributed by atoms with E-state index in [9.17, 15) is 14.7 Å². The molecule has 13 heteroatoms. The van der Waals surface area contributed by atoms with Crippen molar-refractivity contribution in [3.63, 3.8) is 0 Å². The highest BCUT2D eigenvalue weighted by atomic mass is 35.5. The molecule has 0 aliphatic carbocycles. The largest absolute Gasteiger partial charge is 0.439 e. The number of halogens is 3. The smallest absolute Gasteiger partial charge is 0.434 e. The minimum atomic E-state index is -0.867. The SMILES string of the molecule is CC(CO)c1cc(Oc2c(Cl)cc(NC(=O)c3noc(=O)[nH]3)cc2Cl)nnc1Cl. The summed E-state index contributed by atoms with van der Waals surface area (Å²) in [6.45, 7) is 1.61. The van der Waals surface area contributed by atoms with Crippen LogP contribution in [0.5, 0.6) is 11.6 Å². The molecule has 0 fully saturated rings. The third kappa shape index (κ3) is 4.85. The molecule has 29 heavy (non-hydrogen) atoms. The van der Waals surface area contributed by atoms with E-state index in [1.54, 1.807) is 6.92 Å². The molecule has 0 radical (unpaired) electrons. The number of hydrogen-bond acceptors (Lipinski definition) is 8. The molecule has 2 aromatic heterocycles. The Kier molecular flexibility index (Phi) is 6.38. The number of carbonyl (C=O) groups is 1. The standard InChI is InChI=1S/C16H12Cl3N5O5/c1-6(5-25)8-4-11(22-23-13(8)19)28-12-9(17)2-7(3-10(12)18)20-15(26)14-21-16(27)29-24-14/h2-4,6,25H,5H2,1H3,(H,20,26)(H,21,24,27). The fourth-order valence-corrected chi connectivity index (χ4v) is 3.06. The second-order valence-electron chi connectivity index (χ2n) is 5.78. The van der Waals surface area contributed by atoms with Crippen LogP contribution >= 0.6 is 34.8 Å². The van der Waals surface area contributed by atoms with Gasteiger partial charge in [-0.05, 0) is 17.3 Å². The summed E-state index contributed by atoms with van der Waals surface area (Å²) in [5.41, 5.74) is 0.759. The molecule has 0 saturated heterocycles. The molecule has 0 bridgehead atoms. The molecule has 3 rings (SSSR count). The zero-order valence-electron chi connectivity index (χ0n) is 14.6. The van der Waals surface area contributed by atoms with Crippen molar-refractivity contribution in [3.05, 3.63) is 55.3 Å². The van der Waals surface area contributed by atoms with Crippen LogP contribution in [0.25, 0.3) is 0 Å². The van der Waals surface area contributed by atoms with E-state index in [2.05, 4.69) is 30.2 Å². The lowest BCUT2D eigenvalue weighted by molar-refractivity contribution is 0.101. The lowest BCUT2D eigenvalue weighted by Gasteiger charge is -2.13. The van der Waals surface area contributed by atoms with Crippen molar-refractivity contribution in [1.29, 1.82) is 0 Å². The Hall–Kier alpha value is -2.66. The first-order valence-corrected chi connectivity index (χ1v) is 9.10. The summed E-state index contributed by atoms with van der Waals surface area (Å²) in [5.74, 6) is -2.07. The Bertz CT molecular complexity index is 1090. The van der Waals surface area contributed by atoms with Gasteiger partial charge in [-0.25, -0.2) is 4.79 Å². The number of carbonyl (C=O) groups excluding carboxylic acids is 1. The monoisotopic (exact) mass is 459 g/mol. The lowest BCUT2D eigenvalue weighted by Crippen LogP contribution is -2.15. The molecule has 3 aromatic rings. The van der Waals surface area contributed by atoms with Crippen molar-refractivity contribution >= 4 is 46.4 Å². The predicted octanol–water partition coefficient (Wildman–Crippen LogP) is 3.25. The number of rotatable bonds is 6. The molecule has 0 saturated carbocycles. The van der Waals surface area contributed by atoms with Gasteiger partial charge in [0.2, 0.25) is 11.7 Å². The van der Waals surface area contributed by atoms with Crippen molar-refractivity contribution in [1.82, 2.24) is 20.3 Å². The van der Waals surface area contributed by atoms with E-state index < -0.39 is 11.7 Å². The molecule has 1 atom stereocenters. The first-order valence-electron chi connectivity index (χ1n) is 7.96. The van der Waals surface area contributed by atoms with Gasteiger partial charge in [0.25, 0.3) is 5.91 Å². The van der Waals surface area contributed by atoms with Gasteiger partial charge in [0, 0.05) is 29.8 Å². The topological polar surface area (TPSA) is 143 Å². The summed E-state index contributed by atoms with van der Waals surface area (Å²) in [7, 11) is 0. The highest BCUT2D eigenvalue weighted by molar-refractivity contribution is 6.37. The maximum atomic E-state index is 12.0. The lowest BCUT2D eigenvalue weighted by atomic mass is 10.1. The summed E-state index contributed by atoms with van der Waals surface area (Å²) >= 11 is 18.4. The van der Waals surface area contributed by atoms with E-state index >= 15 is 0 Å². The first kappa shape index (κ1) is 21.1. The highest BCUT2D eigenvalue weighted by Gasteiger charge is 2.18. The van der Waals surface area contributed by atoms with Gasteiger partial charge < -0.3 is 15.2 Å². The summed E-state index contributed by atoms with van der Waals surface area (Å²) < 4.78 is 9.88. The zero-order chi connectivity index (χ0) is 21.1. The molecule has 0 aliphatic heterocycles. The van der Waals surface area contributed by atoms with E-state index in [0.29, 0.717) is 5.56 Å². The second-order valence-corrected chi connectivity index (χ2v) is 6.95. The number of benzene rings is 1. The number of nitrogens with one attached hydrogen (secondary N) is 2. The average molecular weight is 461 g/mol. The second kappa shape index (κ2) is 8.78. The van der Waals surface area contributed by atoms with Crippen LogP contribution in [0.1, 0.15) is 29.0 Å². The zero-order valence-corrected chi connectivity index (χ0v) is 16.8. The maximum Gasteiger partial charge on any atom is 0.439 e. The van der Waals surface area contributed by atoms with Gasteiger partial charge in [-0.2, -0.15) is 0 Å². The number of aromatic nitrogens is 4. The van der Waals surface area contributed by atoms with Crippen LogP contribution in [0.3, 0.4) is 0 Å². The van der Waals surface area contributed by atoms with Gasteiger partial charge in [0.1, 0.15) is 0 Å². The summed E-state index contributed by atoms with van der Waals surface area (Å²) in [5, 5.41) is 22.9. The van der Waals surface area contributed by atoms with Gasteiger partial charge in [0.15, 0.2) is 10.9 Å². The molecule has 1 amide bonds. The number of nitrogens with zero attached hydrogens (tertiary/aromatic N) is 3. The number of ether oxygens (including phenoxy) is 1. The van der Waals surface area contributed by atoms with E-state index in [1.807, 2.05) is 0 Å². The van der Waals surface area contributed by atoms with Gasteiger partial charge in [-0.3, -0.25) is 14.3 Å². The molecule has 10 nitrogen and oxygen atoms in total.